The summed E-state index contributed by atoms with van der Waals surface area (Å²) in [6, 6.07) is 6.99. The van der Waals surface area contributed by atoms with Crippen molar-refractivity contribution in [3.05, 3.63) is 59.4 Å². The van der Waals surface area contributed by atoms with Gasteiger partial charge in [-0.3, -0.25) is 0 Å². The van der Waals surface area contributed by atoms with Crippen LogP contribution < -0.4 is 0 Å². The second kappa shape index (κ2) is 5.65. The van der Waals surface area contributed by atoms with Crippen LogP contribution in [-0.4, -0.2) is 17.1 Å². The Morgan fingerprint density at radius 2 is 2.05 bits per heavy atom. The number of esters is 1. The first-order chi connectivity index (χ1) is 9.11. The number of nitrogens with zero attached hydrogens (tertiary/aromatic N) is 1. The lowest BCUT2D eigenvalue weighted by Gasteiger charge is -2.09. The van der Waals surface area contributed by atoms with Crippen LogP contribution in [0, 0.1) is 11.6 Å². The van der Waals surface area contributed by atoms with Gasteiger partial charge in [0.1, 0.15) is 5.69 Å². The molecule has 0 aliphatic carbocycles. The number of hydrogen-bond acceptors (Lipinski definition) is 2. The summed E-state index contributed by atoms with van der Waals surface area (Å²) in [5, 5.41) is 0. The Kier molecular flexibility index (Phi) is 3.94. The molecule has 5 heteroatoms. The fraction of sp³-hybridized carbons (Fsp3) is 0.214. The fourth-order valence-corrected chi connectivity index (χ4v) is 1.78. The first kappa shape index (κ1) is 13.3. The molecule has 1 heterocycles. The predicted octanol–water partition coefficient (Wildman–Crippen LogP) is 2.99. The highest BCUT2D eigenvalue weighted by Gasteiger charge is 2.12. The number of aromatic nitrogens is 1. The zero-order valence-corrected chi connectivity index (χ0v) is 10.4. The summed E-state index contributed by atoms with van der Waals surface area (Å²) < 4.78 is 32.5. The molecule has 2 rings (SSSR count). The molecule has 1 aromatic carbocycles. The molecular weight excluding hydrogens is 252 g/mol. The maximum absolute atomic E-state index is 13.1. The highest BCUT2D eigenvalue weighted by molar-refractivity contribution is 5.87. The molecule has 0 spiro atoms. The normalized spacial score (nSPS) is 10.5. The number of ether oxygens (including phenoxy) is 1. The third kappa shape index (κ3) is 2.99. The van der Waals surface area contributed by atoms with E-state index in [-0.39, 0.29) is 13.2 Å². The standard InChI is InChI=1S/C14H13F2NO2/c1-2-19-14(18)13-4-3-7-17(13)9-10-5-6-11(15)12(16)8-10/h3-8H,2,9H2,1H3. The summed E-state index contributed by atoms with van der Waals surface area (Å²) in [5.41, 5.74) is 0.951. The van der Waals surface area contributed by atoms with E-state index in [4.69, 9.17) is 4.74 Å². The van der Waals surface area contributed by atoms with Crippen LogP contribution in [0.2, 0.25) is 0 Å². The van der Waals surface area contributed by atoms with Crippen molar-refractivity contribution in [3.8, 4) is 0 Å². The topological polar surface area (TPSA) is 31.2 Å². The third-order valence-electron chi connectivity index (χ3n) is 2.65. The molecule has 2 aromatic rings. The van der Waals surface area contributed by atoms with Crippen molar-refractivity contribution >= 4 is 5.97 Å². The van der Waals surface area contributed by atoms with Crippen LogP contribution in [0.5, 0.6) is 0 Å². The minimum Gasteiger partial charge on any atom is -0.461 e. The molecule has 0 aliphatic rings. The van der Waals surface area contributed by atoms with Crippen molar-refractivity contribution in [2.24, 2.45) is 0 Å². The Labute approximate surface area is 109 Å². The van der Waals surface area contributed by atoms with E-state index in [1.54, 1.807) is 29.8 Å². The highest BCUT2D eigenvalue weighted by Crippen LogP contribution is 2.12. The van der Waals surface area contributed by atoms with Crippen LogP contribution in [0.3, 0.4) is 0 Å². The Hall–Kier alpha value is -2.17. The highest BCUT2D eigenvalue weighted by atomic mass is 19.2. The Balaban J connectivity index is 2.21. The molecule has 0 fully saturated rings. The van der Waals surface area contributed by atoms with Gasteiger partial charge in [0.05, 0.1) is 6.61 Å². The second-order valence-corrected chi connectivity index (χ2v) is 3.99. The number of benzene rings is 1. The number of carbonyl (C=O) groups excluding carboxylic acids is 1. The Morgan fingerprint density at radius 1 is 1.26 bits per heavy atom. The Bertz CT molecular complexity index is 593. The zero-order valence-electron chi connectivity index (χ0n) is 10.4. The molecule has 0 N–H and O–H groups in total. The lowest BCUT2D eigenvalue weighted by Crippen LogP contribution is -2.12. The maximum atomic E-state index is 13.1. The predicted molar refractivity (Wildman–Crippen MR) is 65.8 cm³/mol. The zero-order chi connectivity index (χ0) is 13.8. The average Bonchev–Trinajstić information content (AvgIpc) is 2.82. The van der Waals surface area contributed by atoms with Gasteiger partial charge in [0, 0.05) is 12.7 Å². The lowest BCUT2D eigenvalue weighted by molar-refractivity contribution is 0.0514. The van der Waals surface area contributed by atoms with E-state index < -0.39 is 17.6 Å². The van der Waals surface area contributed by atoms with Gasteiger partial charge in [0.15, 0.2) is 11.6 Å². The Morgan fingerprint density at radius 3 is 2.74 bits per heavy atom. The molecule has 19 heavy (non-hydrogen) atoms. The van der Waals surface area contributed by atoms with E-state index in [9.17, 15) is 13.6 Å². The first-order valence-electron chi connectivity index (χ1n) is 5.88. The number of halogens is 2. The quantitative estimate of drug-likeness (QED) is 0.796. The molecule has 0 aliphatic heterocycles. The molecule has 1 aromatic heterocycles. The smallest absolute Gasteiger partial charge is 0.354 e. The van der Waals surface area contributed by atoms with Gasteiger partial charge in [0.2, 0.25) is 0 Å². The van der Waals surface area contributed by atoms with E-state index in [1.807, 2.05) is 0 Å². The molecule has 0 saturated heterocycles. The van der Waals surface area contributed by atoms with Gasteiger partial charge >= 0.3 is 5.97 Å². The van der Waals surface area contributed by atoms with Gasteiger partial charge in [-0.1, -0.05) is 6.07 Å². The molecule has 0 amide bonds. The first-order valence-corrected chi connectivity index (χ1v) is 5.88. The molecule has 3 nitrogen and oxygen atoms in total. The minimum absolute atomic E-state index is 0.276. The summed E-state index contributed by atoms with van der Waals surface area (Å²) in [7, 11) is 0. The van der Waals surface area contributed by atoms with E-state index in [0.717, 1.165) is 12.1 Å². The van der Waals surface area contributed by atoms with Crippen molar-refractivity contribution < 1.29 is 18.3 Å². The summed E-state index contributed by atoms with van der Waals surface area (Å²) >= 11 is 0. The van der Waals surface area contributed by atoms with Gasteiger partial charge in [-0.15, -0.1) is 0 Å². The SMILES string of the molecule is CCOC(=O)c1cccn1Cc1ccc(F)c(F)c1. The molecule has 0 saturated carbocycles. The van der Waals surface area contributed by atoms with Crippen molar-refractivity contribution in [2.45, 2.75) is 13.5 Å². The monoisotopic (exact) mass is 265 g/mol. The van der Waals surface area contributed by atoms with Crippen molar-refractivity contribution in [1.29, 1.82) is 0 Å². The lowest BCUT2D eigenvalue weighted by atomic mass is 10.2. The van der Waals surface area contributed by atoms with Crippen LogP contribution in [0.1, 0.15) is 23.0 Å². The van der Waals surface area contributed by atoms with E-state index in [1.165, 1.54) is 6.07 Å². The van der Waals surface area contributed by atoms with E-state index in [2.05, 4.69) is 0 Å². The van der Waals surface area contributed by atoms with Crippen molar-refractivity contribution in [2.75, 3.05) is 6.61 Å². The van der Waals surface area contributed by atoms with Crippen molar-refractivity contribution in [3.63, 3.8) is 0 Å². The molecule has 0 radical (unpaired) electrons. The van der Waals surface area contributed by atoms with Crippen molar-refractivity contribution in [1.82, 2.24) is 4.57 Å². The van der Waals surface area contributed by atoms with Gasteiger partial charge in [-0.25, -0.2) is 13.6 Å². The van der Waals surface area contributed by atoms with Gasteiger partial charge < -0.3 is 9.30 Å². The van der Waals surface area contributed by atoms with Gasteiger partial charge in [0.25, 0.3) is 0 Å². The third-order valence-corrected chi connectivity index (χ3v) is 2.65. The largest absolute Gasteiger partial charge is 0.461 e. The van der Waals surface area contributed by atoms with Crippen LogP contribution in [0.15, 0.2) is 36.5 Å². The summed E-state index contributed by atoms with van der Waals surface area (Å²) in [5.74, 6) is -2.22. The molecule has 0 unspecified atom stereocenters. The van der Waals surface area contributed by atoms with E-state index >= 15 is 0 Å². The van der Waals surface area contributed by atoms with E-state index in [0.29, 0.717) is 11.3 Å². The van der Waals surface area contributed by atoms with Gasteiger partial charge in [-0.05, 0) is 36.8 Å². The van der Waals surface area contributed by atoms with Crippen LogP contribution in [0.4, 0.5) is 8.78 Å². The summed E-state index contributed by atoms with van der Waals surface area (Å²) in [4.78, 5) is 11.7. The van der Waals surface area contributed by atoms with Crippen LogP contribution >= 0.6 is 0 Å². The fourth-order valence-electron chi connectivity index (χ4n) is 1.78. The molecule has 0 bridgehead atoms. The molecule has 0 atom stereocenters. The number of rotatable bonds is 4. The molecular formula is C14H13F2NO2. The average molecular weight is 265 g/mol. The minimum atomic E-state index is -0.901. The van der Waals surface area contributed by atoms with Crippen LogP contribution in [-0.2, 0) is 11.3 Å². The second-order valence-electron chi connectivity index (χ2n) is 3.99. The number of hydrogen-bond donors (Lipinski definition) is 0. The van der Waals surface area contributed by atoms with Crippen LogP contribution in [0.25, 0.3) is 0 Å². The summed E-state index contributed by atoms with van der Waals surface area (Å²) in [6.07, 6.45) is 1.69. The summed E-state index contributed by atoms with van der Waals surface area (Å²) in [6.45, 7) is 2.29. The molecule has 100 valence electrons. The van der Waals surface area contributed by atoms with Gasteiger partial charge in [-0.2, -0.15) is 0 Å². The number of carbonyl (C=O) groups is 1. The maximum Gasteiger partial charge on any atom is 0.354 e.